The number of carbonyl (C=O) groups is 3. The van der Waals surface area contributed by atoms with Gasteiger partial charge in [-0.2, -0.15) is 0 Å². The Morgan fingerprint density at radius 2 is 0.597 bits per heavy atom. The van der Waals surface area contributed by atoms with Crippen molar-refractivity contribution in [2.24, 2.45) is 0 Å². The monoisotopic (exact) mass is 867 g/mol. The SMILES string of the molecule is CCCC/C=C\C/C=C\CCCCCCCC(=O)O[C@@H](COC(=O)CCCCCC/C=C\C/C=C\C/C=C\CCCCC)COC(=O)CCCCCCCCCCCCCCC. The van der Waals surface area contributed by atoms with Gasteiger partial charge in [-0.05, 0) is 83.5 Å². The third-order valence-electron chi connectivity index (χ3n) is 11.2. The Balaban J connectivity index is 4.43. The zero-order chi connectivity index (χ0) is 45.1. The van der Waals surface area contributed by atoms with Gasteiger partial charge in [0, 0.05) is 19.3 Å². The first-order valence-corrected chi connectivity index (χ1v) is 26.3. The van der Waals surface area contributed by atoms with Crippen LogP contribution in [0.1, 0.15) is 258 Å². The highest BCUT2D eigenvalue weighted by atomic mass is 16.6. The van der Waals surface area contributed by atoms with Gasteiger partial charge >= 0.3 is 17.9 Å². The average molecular weight is 867 g/mol. The molecule has 6 nitrogen and oxygen atoms in total. The number of ether oxygens (including phenoxy) is 3. The van der Waals surface area contributed by atoms with E-state index < -0.39 is 6.10 Å². The molecule has 0 aromatic heterocycles. The van der Waals surface area contributed by atoms with Gasteiger partial charge < -0.3 is 14.2 Å². The third kappa shape index (κ3) is 48.1. The molecule has 0 N–H and O–H groups in total. The predicted octanol–water partition coefficient (Wildman–Crippen LogP) is 17.3. The van der Waals surface area contributed by atoms with E-state index in [4.69, 9.17) is 14.2 Å². The van der Waals surface area contributed by atoms with Crippen LogP contribution in [-0.2, 0) is 28.6 Å². The number of carbonyl (C=O) groups excluding carboxylic acids is 3. The van der Waals surface area contributed by atoms with E-state index in [0.29, 0.717) is 19.3 Å². The van der Waals surface area contributed by atoms with Crippen LogP contribution in [0, 0.1) is 0 Å². The van der Waals surface area contributed by atoms with Crippen molar-refractivity contribution in [3.05, 3.63) is 60.8 Å². The van der Waals surface area contributed by atoms with E-state index in [1.807, 2.05) is 0 Å². The zero-order valence-electron chi connectivity index (χ0n) is 40.9. The van der Waals surface area contributed by atoms with Crippen LogP contribution < -0.4 is 0 Å². The standard InChI is InChI=1S/C56H98O6/c1-4-7-10-13-16-19-22-25-27-28-29-32-34-37-40-43-46-49-55(58)61-52-53(51-60-54(57)48-45-42-39-36-33-30-24-21-18-15-12-9-6-3)62-56(59)50-47-44-41-38-35-31-26-23-20-17-14-11-8-5-2/h14,16-17,19,23,25-27,29,32,53H,4-13,15,18,20-22,24,28,30-31,33-52H2,1-3H3/b17-14-,19-16-,26-23-,27-25-,32-29-/t53-/m1/s1. The molecule has 0 rings (SSSR count). The molecule has 0 fully saturated rings. The molecule has 6 heteroatoms. The minimum atomic E-state index is -0.788. The molecule has 0 aromatic rings. The van der Waals surface area contributed by atoms with Gasteiger partial charge in [-0.25, -0.2) is 0 Å². The highest BCUT2D eigenvalue weighted by molar-refractivity contribution is 5.71. The lowest BCUT2D eigenvalue weighted by Gasteiger charge is -2.18. The van der Waals surface area contributed by atoms with Crippen LogP contribution in [0.5, 0.6) is 0 Å². The van der Waals surface area contributed by atoms with E-state index in [-0.39, 0.29) is 31.1 Å². The molecule has 0 amide bonds. The summed E-state index contributed by atoms with van der Waals surface area (Å²) >= 11 is 0. The highest BCUT2D eigenvalue weighted by Crippen LogP contribution is 2.15. The molecule has 1 atom stereocenters. The number of esters is 3. The molecule has 0 aliphatic heterocycles. The Labute approximate surface area is 383 Å². The first-order chi connectivity index (χ1) is 30.5. The van der Waals surface area contributed by atoms with Crippen molar-refractivity contribution in [2.45, 2.75) is 264 Å². The van der Waals surface area contributed by atoms with Gasteiger partial charge in [-0.15, -0.1) is 0 Å². The zero-order valence-corrected chi connectivity index (χ0v) is 40.9. The lowest BCUT2D eigenvalue weighted by Crippen LogP contribution is -2.30. The smallest absolute Gasteiger partial charge is 0.306 e. The lowest BCUT2D eigenvalue weighted by atomic mass is 10.0. The van der Waals surface area contributed by atoms with Gasteiger partial charge in [-0.1, -0.05) is 216 Å². The van der Waals surface area contributed by atoms with E-state index in [1.54, 1.807) is 0 Å². The number of rotatable bonds is 47. The summed E-state index contributed by atoms with van der Waals surface area (Å²) in [5.41, 5.74) is 0. The fraction of sp³-hybridized carbons (Fsp3) is 0.768. The van der Waals surface area contributed by atoms with E-state index in [0.717, 1.165) is 109 Å². The molecule has 0 bridgehead atoms. The van der Waals surface area contributed by atoms with Crippen molar-refractivity contribution in [1.29, 1.82) is 0 Å². The highest BCUT2D eigenvalue weighted by Gasteiger charge is 2.19. The maximum Gasteiger partial charge on any atom is 0.306 e. The summed E-state index contributed by atoms with van der Waals surface area (Å²) in [5, 5.41) is 0. The molecule has 0 spiro atoms. The summed E-state index contributed by atoms with van der Waals surface area (Å²) in [6, 6.07) is 0. The maximum absolute atomic E-state index is 12.8. The van der Waals surface area contributed by atoms with Crippen molar-refractivity contribution in [3.8, 4) is 0 Å². The van der Waals surface area contributed by atoms with Crippen LogP contribution in [0.25, 0.3) is 0 Å². The second-order valence-corrected chi connectivity index (χ2v) is 17.4. The summed E-state index contributed by atoms with van der Waals surface area (Å²) in [7, 11) is 0. The number of hydrogen-bond donors (Lipinski definition) is 0. The van der Waals surface area contributed by atoms with Crippen LogP contribution >= 0.6 is 0 Å². The molecule has 0 radical (unpaired) electrons. The van der Waals surface area contributed by atoms with E-state index >= 15 is 0 Å². The van der Waals surface area contributed by atoms with Crippen LogP contribution in [-0.4, -0.2) is 37.2 Å². The van der Waals surface area contributed by atoms with Crippen molar-refractivity contribution >= 4 is 17.9 Å². The molecule has 0 saturated carbocycles. The molecule has 62 heavy (non-hydrogen) atoms. The molecule has 0 unspecified atom stereocenters. The molecule has 0 aliphatic carbocycles. The molecule has 358 valence electrons. The molecular weight excluding hydrogens is 769 g/mol. The lowest BCUT2D eigenvalue weighted by molar-refractivity contribution is -0.167. The van der Waals surface area contributed by atoms with E-state index in [9.17, 15) is 14.4 Å². The molecule has 0 aliphatic rings. The summed E-state index contributed by atoms with van der Waals surface area (Å²) in [4.78, 5) is 38.0. The maximum atomic E-state index is 12.8. The second-order valence-electron chi connectivity index (χ2n) is 17.4. The van der Waals surface area contributed by atoms with Gasteiger partial charge in [0.2, 0.25) is 0 Å². The number of allylic oxidation sites excluding steroid dienone is 10. The summed E-state index contributed by atoms with van der Waals surface area (Å²) in [5.74, 6) is -0.917. The second kappa shape index (κ2) is 50.8. The first kappa shape index (κ1) is 59.1. The fourth-order valence-electron chi connectivity index (χ4n) is 7.23. The summed E-state index contributed by atoms with van der Waals surface area (Å²) < 4.78 is 16.8. The number of hydrogen-bond acceptors (Lipinski definition) is 6. The van der Waals surface area contributed by atoms with Gasteiger partial charge in [0.1, 0.15) is 13.2 Å². The summed E-state index contributed by atoms with van der Waals surface area (Å²) in [6.07, 6.45) is 61.9. The van der Waals surface area contributed by atoms with Crippen molar-refractivity contribution in [2.75, 3.05) is 13.2 Å². The van der Waals surface area contributed by atoms with E-state index in [1.165, 1.54) is 109 Å². The Bertz CT molecular complexity index is 1130. The van der Waals surface area contributed by atoms with E-state index in [2.05, 4.69) is 81.5 Å². The predicted molar refractivity (Wildman–Crippen MR) is 265 cm³/mol. The quantitative estimate of drug-likeness (QED) is 0.0262. The first-order valence-electron chi connectivity index (χ1n) is 26.3. The van der Waals surface area contributed by atoms with Gasteiger partial charge in [0.05, 0.1) is 0 Å². The Morgan fingerprint density at radius 1 is 0.323 bits per heavy atom. The normalized spacial score (nSPS) is 12.5. The van der Waals surface area contributed by atoms with Crippen LogP contribution in [0.2, 0.25) is 0 Å². The van der Waals surface area contributed by atoms with Crippen molar-refractivity contribution in [1.82, 2.24) is 0 Å². The molecular formula is C56H98O6. The summed E-state index contributed by atoms with van der Waals surface area (Å²) in [6.45, 7) is 6.55. The Kier molecular flexibility index (Phi) is 48.4. The van der Waals surface area contributed by atoms with Gasteiger partial charge in [0.25, 0.3) is 0 Å². The Hall–Kier alpha value is -2.89. The van der Waals surface area contributed by atoms with Crippen LogP contribution in [0.15, 0.2) is 60.8 Å². The molecule has 0 heterocycles. The van der Waals surface area contributed by atoms with Crippen LogP contribution in [0.3, 0.4) is 0 Å². The number of unbranched alkanes of at least 4 members (excludes halogenated alkanes) is 26. The molecule has 0 saturated heterocycles. The third-order valence-corrected chi connectivity index (χ3v) is 11.2. The average Bonchev–Trinajstić information content (AvgIpc) is 3.27. The Morgan fingerprint density at radius 3 is 0.984 bits per heavy atom. The minimum Gasteiger partial charge on any atom is -0.462 e. The van der Waals surface area contributed by atoms with Crippen molar-refractivity contribution in [3.63, 3.8) is 0 Å². The van der Waals surface area contributed by atoms with Gasteiger partial charge in [0.15, 0.2) is 6.10 Å². The largest absolute Gasteiger partial charge is 0.462 e. The van der Waals surface area contributed by atoms with Crippen LogP contribution in [0.4, 0.5) is 0 Å². The fourth-order valence-corrected chi connectivity index (χ4v) is 7.23. The van der Waals surface area contributed by atoms with Crippen molar-refractivity contribution < 1.29 is 28.6 Å². The topological polar surface area (TPSA) is 78.9 Å². The van der Waals surface area contributed by atoms with Gasteiger partial charge in [-0.3, -0.25) is 14.4 Å². The minimum absolute atomic E-state index is 0.0855. The molecule has 0 aromatic carbocycles.